The molecule has 0 spiro atoms. The molecule has 1 aliphatic heterocycles. The number of hydrogen-bond acceptors (Lipinski definition) is 3. The van der Waals surface area contributed by atoms with E-state index in [0.29, 0.717) is 6.54 Å². The lowest BCUT2D eigenvalue weighted by molar-refractivity contribution is -0.130. The van der Waals surface area contributed by atoms with Crippen LogP contribution in [-0.4, -0.2) is 30.2 Å². The maximum Gasteiger partial charge on any atom is 0.240 e. The van der Waals surface area contributed by atoms with Crippen molar-refractivity contribution in [2.24, 2.45) is 5.73 Å². The fraction of sp³-hybridized carbons (Fsp3) is 0.909. The Balaban J connectivity index is 0.00000128. The number of hydrogen-bond donors (Lipinski definition) is 2. The first-order valence-electron chi connectivity index (χ1n) is 5.75. The fourth-order valence-corrected chi connectivity index (χ4v) is 2.20. The summed E-state index contributed by atoms with van der Waals surface area (Å²) in [5.41, 5.74) is 5.16. The predicted molar refractivity (Wildman–Crippen MR) is 64.6 cm³/mol. The second-order valence-corrected chi connectivity index (χ2v) is 5.09. The molecule has 1 aliphatic carbocycles. The molecule has 2 aliphatic rings. The Morgan fingerprint density at radius 3 is 2.50 bits per heavy atom. The van der Waals surface area contributed by atoms with Crippen LogP contribution in [0.25, 0.3) is 0 Å². The minimum Gasteiger partial charge on any atom is -0.373 e. The molecule has 0 aromatic rings. The molecule has 3 N–H and O–H groups in total. The van der Waals surface area contributed by atoms with E-state index in [1.165, 1.54) is 0 Å². The highest BCUT2D eigenvalue weighted by molar-refractivity contribution is 5.87. The van der Waals surface area contributed by atoms with Crippen molar-refractivity contribution >= 4 is 18.3 Å². The van der Waals surface area contributed by atoms with Crippen LogP contribution in [0.2, 0.25) is 0 Å². The molecule has 1 saturated heterocycles. The number of carbonyl (C=O) groups excluding carboxylic acids is 1. The molecule has 2 rings (SSSR count). The summed E-state index contributed by atoms with van der Waals surface area (Å²) in [5, 5.41) is 2.92. The number of rotatable bonds is 3. The molecule has 0 aromatic heterocycles. The summed E-state index contributed by atoms with van der Waals surface area (Å²) in [5.74, 6) is -0.00882. The summed E-state index contributed by atoms with van der Waals surface area (Å²) < 4.78 is 5.60. The van der Waals surface area contributed by atoms with Gasteiger partial charge in [0, 0.05) is 13.2 Å². The lowest BCUT2D eigenvalue weighted by Gasteiger charge is -2.37. The Morgan fingerprint density at radius 1 is 1.38 bits per heavy atom. The summed E-state index contributed by atoms with van der Waals surface area (Å²) >= 11 is 0. The molecule has 94 valence electrons. The molecule has 5 heteroatoms. The van der Waals surface area contributed by atoms with Gasteiger partial charge in [-0.2, -0.15) is 0 Å². The van der Waals surface area contributed by atoms with Crippen LogP contribution in [-0.2, 0) is 9.53 Å². The van der Waals surface area contributed by atoms with Gasteiger partial charge in [0.1, 0.15) is 0 Å². The monoisotopic (exact) mass is 248 g/mol. The molecule has 4 nitrogen and oxygen atoms in total. The number of nitrogens with two attached hydrogens (primary N) is 1. The molecule has 0 aromatic carbocycles. The molecule has 1 heterocycles. The number of halogens is 1. The van der Waals surface area contributed by atoms with Gasteiger partial charge in [-0.25, -0.2) is 0 Å². The first kappa shape index (κ1) is 13.7. The van der Waals surface area contributed by atoms with Gasteiger partial charge >= 0.3 is 0 Å². The average Bonchev–Trinajstić information content (AvgIpc) is 2.58. The van der Waals surface area contributed by atoms with Crippen LogP contribution in [0.15, 0.2) is 0 Å². The van der Waals surface area contributed by atoms with Gasteiger partial charge in [0.25, 0.3) is 0 Å². The fourth-order valence-electron chi connectivity index (χ4n) is 2.20. The largest absolute Gasteiger partial charge is 0.373 e. The number of ether oxygens (including phenoxy) is 1. The van der Waals surface area contributed by atoms with Crippen LogP contribution in [0.1, 0.15) is 39.0 Å². The van der Waals surface area contributed by atoms with Crippen molar-refractivity contribution in [2.75, 3.05) is 13.2 Å². The lowest BCUT2D eigenvalue weighted by atomic mass is 9.77. The second kappa shape index (κ2) is 4.90. The Bertz CT molecular complexity index is 261. The van der Waals surface area contributed by atoms with Gasteiger partial charge in [-0.1, -0.05) is 0 Å². The highest BCUT2D eigenvalue weighted by Gasteiger charge is 2.41. The van der Waals surface area contributed by atoms with Crippen LogP contribution >= 0.6 is 12.4 Å². The lowest BCUT2D eigenvalue weighted by Crippen LogP contribution is -2.60. The first-order valence-corrected chi connectivity index (χ1v) is 5.75. The maximum absolute atomic E-state index is 11.8. The third kappa shape index (κ3) is 2.67. The van der Waals surface area contributed by atoms with Crippen molar-refractivity contribution in [1.29, 1.82) is 0 Å². The van der Waals surface area contributed by atoms with E-state index < -0.39 is 5.54 Å². The molecule has 1 amide bonds. The Labute approximate surface area is 103 Å². The van der Waals surface area contributed by atoms with Gasteiger partial charge in [-0.3, -0.25) is 4.79 Å². The van der Waals surface area contributed by atoms with Crippen molar-refractivity contribution < 1.29 is 9.53 Å². The van der Waals surface area contributed by atoms with E-state index in [2.05, 4.69) is 5.32 Å². The second-order valence-electron chi connectivity index (χ2n) is 5.09. The molecule has 0 radical (unpaired) electrons. The van der Waals surface area contributed by atoms with Crippen molar-refractivity contribution in [2.45, 2.75) is 50.2 Å². The van der Waals surface area contributed by atoms with Crippen LogP contribution < -0.4 is 11.1 Å². The standard InChI is InChI=1S/C11H20N2O2.ClH/c1-10(4-3-7-15-10)8-13-9(14)11(12)5-2-6-11;/h2-8,12H2,1H3,(H,13,14);1H. The van der Waals surface area contributed by atoms with Gasteiger partial charge in [-0.15, -0.1) is 12.4 Å². The maximum atomic E-state index is 11.8. The molecule has 0 bridgehead atoms. The molecule has 1 atom stereocenters. The first-order chi connectivity index (χ1) is 7.04. The highest BCUT2D eigenvalue weighted by atomic mass is 35.5. The zero-order chi connectivity index (χ0) is 10.9. The zero-order valence-electron chi connectivity index (χ0n) is 9.75. The van der Waals surface area contributed by atoms with E-state index in [-0.39, 0.29) is 23.9 Å². The molecule has 2 fully saturated rings. The molecule has 16 heavy (non-hydrogen) atoms. The van der Waals surface area contributed by atoms with E-state index in [4.69, 9.17) is 10.5 Å². The van der Waals surface area contributed by atoms with E-state index >= 15 is 0 Å². The molecule has 1 saturated carbocycles. The average molecular weight is 249 g/mol. The van der Waals surface area contributed by atoms with Gasteiger partial charge in [0.05, 0.1) is 11.1 Å². The van der Waals surface area contributed by atoms with Crippen molar-refractivity contribution in [3.8, 4) is 0 Å². The zero-order valence-corrected chi connectivity index (χ0v) is 10.6. The predicted octanol–water partition coefficient (Wildman–Crippen LogP) is 0.975. The third-order valence-corrected chi connectivity index (χ3v) is 3.62. The van der Waals surface area contributed by atoms with E-state index in [1.54, 1.807) is 0 Å². The SMILES string of the molecule is CC1(CNC(=O)C2(N)CCC2)CCCO1.Cl. The minimum atomic E-state index is -0.588. The van der Waals surface area contributed by atoms with E-state index in [9.17, 15) is 4.79 Å². The van der Waals surface area contributed by atoms with Gasteiger partial charge in [-0.05, 0) is 39.0 Å². The normalized spacial score (nSPS) is 31.4. The smallest absolute Gasteiger partial charge is 0.240 e. The Morgan fingerprint density at radius 2 is 2.06 bits per heavy atom. The number of carbonyl (C=O) groups is 1. The van der Waals surface area contributed by atoms with Crippen molar-refractivity contribution in [3.05, 3.63) is 0 Å². The molecular weight excluding hydrogens is 228 g/mol. The van der Waals surface area contributed by atoms with Crippen molar-refractivity contribution in [1.82, 2.24) is 5.32 Å². The van der Waals surface area contributed by atoms with Gasteiger partial charge < -0.3 is 15.8 Å². The number of nitrogens with one attached hydrogen (secondary N) is 1. The Kier molecular flexibility index (Phi) is 4.21. The minimum absolute atomic E-state index is 0. The summed E-state index contributed by atoms with van der Waals surface area (Å²) in [6.07, 6.45) is 4.80. The van der Waals surface area contributed by atoms with Crippen LogP contribution in [0, 0.1) is 0 Å². The summed E-state index contributed by atoms with van der Waals surface area (Å²) in [4.78, 5) is 11.8. The van der Waals surface area contributed by atoms with Crippen LogP contribution in [0.4, 0.5) is 0 Å². The quantitative estimate of drug-likeness (QED) is 0.783. The van der Waals surface area contributed by atoms with Gasteiger partial charge in [0.2, 0.25) is 5.91 Å². The third-order valence-electron chi connectivity index (χ3n) is 3.62. The van der Waals surface area contributed by atoms with Crippen molar-refractivity contribution in [3.63, 3.8) is 0 Å². The van der Waals surface area contributed by atoms with Crippen LogP contribution in [0.5, 0.6) is 0 Å². The summed E-state index contributed by atoms with van der Waals surface area (Å²) in [6, 6.07) is 0. The number of amides is 1. The molecular formula is C11H21ClN2O2. The van der Waals surface area contributed by atoms with Gasteiger partial charge in [0.15, 0.2) is 0 Å². The van der Waals surface area contributed by atoms with E-state index in [0.717, 1.165) is 38.7 Å². The summed E-state index contributed by atoms with van der Waals surface area (Å²) in [6.45, 7) is 3.44. The van der Waals surface area contributed by atoms with E-state index in [1.807, 2.05) is 6.92 Å². The topological polar surface area (TPSA) is 64.4 Å². The Hall–Kier alpha value is -0.320. The summed E-state index contributed by atoms with van der Waals surface area (Å²) in [7, 11) is 0. The highest BCUT2D eigenvalue weighted by Crippen LogP contribution is 2.30. The van der Waals surface area contributed by atoms with Crippen LogP contribution in [0.3, 0.4) is 0 Å². The molecule has 1 unspecified atom stereocenters.